The van der Waals surface area contributed by atoms with Gasteiger partial charge in [0.1, 0.15) is 0 Å². The third-order valence-corrected chi connectivity index (χ3v) is 4.26. The molecule has 0 saturated carbocycles. The van der Waals surface area contributed by atoms with Crippen LogP contribution in [0.15, 0.2) is 53.9 Å². The molecule has 1 unspecified atom stereocenters. The lowest BCUT2D eigenvalue weighted by Gasteiger charge is -2.16. The molecular formula is C19H26N6. The number of H-pyrrole nitrogens is 1. The lowest BCUT2D eigenvalue weighted by atomic mass is 10.1. The van der Waals surface area contributed by atoms with E-state index in [-0.39, 0.29) is 0 Å². The molecule has 3 N–H and O–H groups in total. The SMILES string of the molecule is CN=C(NCCc1c[nH]c2ccccc12)NCC(C)Cn1cccn1. The molecule has 0 fully saturated rings. The number of aromatic amines is 1. The van der Waals surface area contributed by atoms with Crippen LogP contribution in [0.5, 0.6) is 0 Å². The Balaban J connectivity index is 1.43. The van der Waals surface area contributed by atoms with Crippen molar-refractivity contribution in [2.24, 2.45) is 10.9 Å². The van der Waals surface area contributed by atoms with E-state index in [4.69, 9.17) is 0 Å². The molecule has 3 aromatic rings. The summed E-state index contributed by atoms with van der Waals surface area (Å²) < 4.78 is 1.96. The Morgan fingerprint density at radius 3 is 2.96 bits per heavy atom. The van der Waals surface area contributed by atoms with E-state index in [0.717, 1.165) is 32.0 Å². The van der Waals surface area contributed by atoms with Gasteiger partial charge >= 0.3 is 0 Å². The van der Waals surface area contributed by atoms with Gasteiger partial charge < -0.3 is 15.6 Å². The molecule has 0 bridgehead atoms. The summed E-state index contributed by atoms with van der Waals surface area (Å²) in [6, 6.07) is 10.3. The molecule has 0 aliphatic heterocycles. The Kier molecular flexibility index (Phi) is 5.72. The molecule has 0 radical (unpaired) electrons. The van der Waals surface area contributed by atoms with Gasteiger partial charge in [-0.1, -0.05) is 25.1 Å². The van der Waals surface area contributed by atoms with Crippen molar-refractivity contribution in [1.29, 1.82) is 0 Å². The van der Waals surface area contributed by atoms with Crippen LogP contribution in [0.2, 0.25) is 0 Å². The first-order chi connectivity index (χ1) is 12.3. The monoisotopic (exact) mass is 338 g/mol. The molecule has 0 saturated heterocycles. The second-order valence-corrected chi connectivity index (χ2v) is 6.32. The maximum Gasteiger partial charge on any atom is 0.190 e. The molecule has 0 amide bonds. The third kappa shape index (κ3) is 4.62. The zero-order valence-corrected chi connectivity index (χ0v) is 14.9. The normalized spacial score (nSPS) is 13.1. The highest BCUT2D eigenvalue weighted by Gasteiger charge is 2.06. The Labute approximate surface area is 148 Å². The van der Waals surface area contributed by atoms with E-state index >= 15 is 0 Å². The number of nitrogens with one attached hydrogen (secondary N) is 3. The Morgan fingerprint density at radius 1 is 1.28 bits per heavy atom. The summed E-state index contributed by atoms with van der Waals surface area (Å²) in [5.74, 6) is 1.30. The largest absolute Gasteiger partial charge is 0.361 e. The smallest absolute Gasteiger partial charge is 0.190 e. The maximum atomic E-state index is 4.30. The van der Waals surface area contributed by atoms with Crippen LogP contribution in [-0.4, -0.2) is 40.9 Å². The summed E-state index contributed by atoms with van der Waals surface area (Å²) >= 11 is 0. The van der Waals surface area contributed by atoms with Crippen LogP contribution < -0.4 is 10.6 Å². The average Bonchev–Trinajstić information content (AvgIpc) is 3.28. The summed E-state index contributed by atoms with van der Waals surface area (Å²) in [5, 5.41) is 12.3. The molecule has 1 atom stereocenters. The molecule has 25 heavy (non-hydrogen) atoms. The van der Waals surface area contributed by atoms with Gasteiger partial charge in [-0.3, -0.25) is 9.67 Å². The van der Waals surface area contributed by atoms with Crippen LogP contribution in [0, 0.1) is 5.92 Å². The molecule has 6 heteroatoms. The van der Waals surface area contributed by atoms with E-state index in [1.165, 1.54) is 16.5 Å². The fourth-order valence-electron chi connectivity index (χ4n) is 2.94. The summed E-state index contributed by atoms with van der Waals surface area (Å²) in [5.41, 5.74) is 2.51. The number of hydrogen-bond donors (Lipinski definition) is 3. The molecular weight excluding hydrogens is 312 g/mol. The van der Waals surface area contributed by atoms with Gasteiger partial charge in [0.25, 0.3) is 0 Å². The number of nitrogens with zero attached hydrogens (tertiary/aromatic N) is 3. The van der Waals surface area contributed by atoms with Gasteiger partial charge in [0.15, 0.2) is 5.96 Å². The lowest BCUT2D eigenvalue weighted by Crippen LogP contribution is -2.40. The van der Waals surface area contributed by atoms with E-state index in [9.17, 15) is 0 Å². The summed E-state index contributed by atoms with van der Waals surface area (Å²) in [4.78, 5) is 7.62. The van der Waals surface area contributed by atoms with Gasteiger partial charge in [0, 0.05) is 56.2 Å². The standard InChI is InChI=1S/C19H26N6/c1-15(14-25-11-5-9-24-25)12-23-19(20-2)21-10-8-16-13-22-18-7-4-3-6-17(16)18/h3-7,9,11,13,15,22H,8,10,12,14H2,1-2H3,(H2,20,21,23). The number of rotatable bonds is 7. The van der Waals surface area contributed by atoms with Gasteiger partial charge in [0.05, 0.1) is 0 Å². The third-order valence-electron chi connectivity index (χ3n) is 4.26. The molecule has 0 aliphatic rings. The van der Waals surface area contributed by atoms with E-state index in [2.05, 4.69) is 63.1 Å². The molecule has 1 aromatic carbocycles. The fourth-order valence-corrected chi connectivity index (χ4v) is 2.94. The van der Waals surface area contributed by atoms with Crippen molar-refractivity contribution in [3.8, 4) is 0 Å². The van der Waals surface area contributed by atoms with Gasteiger partial charge in [-0.25, -0.2) is 0 Å². The van der Waals surface area contributed by atoms with Crippen molar-refractivity contribution in [3.05, 3.63) is 54.5 Å². The van der Waals surface area contributed by atoms with Crippen molar-refractivity contribution in [2.45, 2.75) is 19.9 Å². The van der Waals surface area contributed by atoms with E-state index in [1.54, 1.807) is 7.05 Å². The number of guanidine groups is 1. The van der Waals surface area contributed by atoms with Gasteiger partial charge in [-0.15, -0.1) is 0 Å². The fraction of sp³-hybridized carbons (Fsp3) is 0.368. The average molecular weight is 338 g/mol. The number of aromatic nitrogens is 3. The molecule has 2 heterocycles. The van der Waals surface area contributed by atoms with Crippen molar-refractivity contribution in [1.82, 2.24) is 25.4 Å². The molecule has 132 valence electrons. The van der Waals surface area contributed by atoms with Gasteiger partial charge in [-0.2, -0.15) is 5.10 Å². The van der Waals surface area contributed by atoms with E-state index in [1.807, 2.05) is 23.1 Å². The Hall–Kier alpha value is -2.76. The van der Waals surface area contributed by atoms with Crippen molar-refractivity contribution >= 4 is 16.9 Å². The number of para-hydroxylation sites is 1. The predicted octanol–water partition coefficient (Wildman–Crippen LogP) is 2.41. The van der Waals surface area contributed by atoms with Crippen LogP contribution in [0.3, 0.4) is 0 Å². The number of fused-ring (bicyclic) bond motifs is 1. The first-order valence-corrected chi connectivity index (χ1v) is 8.73. The maximum absolute atomic E-state index is 4.30. The zero-order valence-electron chi connectivity index (χ0n) is 14.9. The Bertz CT molecular complexity index is 802. The van der Waals surface area contributed by atoms with Crippen LogP contribution in [0.25, 0.3) is 10.9 Å². The summed E-state index contributed by atoms with van der Waals surface area (Å²) in [6.45, 7) is 4.79. The highest BCUT2D eigenvalue weighted by molar-refractivity contribution is 5.83. The first-order valence-electron chi connectivity index (χ1n) is 8.73. The highest BCUT2D eigenvalue weighted by atomic mass is 15.3. The lowest BCUT2D eigenvalue weighted by molar-refractivity contribution is 0.443. The van der Waals surface area contributed by atoms with E-state index in [0.29, 0.717) is 5.92 Å². The quantitative estimate of drug-likeness (QED) is 0.458. The number of aliphatic imine (C=N–C) groups is 1. The topological polar surface area (TPSA) is 70.0 Å². The Morgan fingerprint density at radius 2 is 2.16 bits per heavy atom. The molecule has 0 aliphatic carbocycles. The minimum atomic E-state index is 0.465. The van der Waals surface area contributed by atoms with Crippen LogP contribution in [0.4, 0.5) is 0 Å². The number of benzene rings is 1. The van der Waals surface area contributed by atoms with Crippen molar-refractivity contribution in [3.63, 3.8) is 0 Å². The summed E-state index contributed by atoms with van der Waals surface area (Å²) in [7, 11) is 1.80. The second-order valence-electron chi connectivity index (χ2n) is 6.32. The van der Waals surface area contributed by atoms with Crippen LogP contribution in [0.1, 0.15) is 12.5 Å². The van der Waals surface area contributed by atoms with Gasteiger partial charge in [0.2, 0.25) is 0 Å². The second kappa shape index (κ2) is 8.37. The minimum Gasteiger partial charge on any atom is -0.361 e. The molecule has 3 rings (SSSR count). The predicted molar refractivity (Wildman–Crippen MR) is 103 cm³/mol. The molecule has 2 aromatic heterocycles. The van der Waals surface area contributed by atoms with Gasteiger partial charge in [-0.05, 0) is 30.0 Å². The highest BCUT2D eigenvalue weighted by Crippen LogP contribution is 2.17. The minimum absolute atomic E-state index is 0.465. The molecule has 6 nitrogen and oxygen atoms in total. The van der Waals surface area contributed by atoms with E-state index < -0.39 is 0 Å². The molecule has 0 spiro atoms. The summed E-state index contributed by atoms with van der Waals surface area (Å²) in [6.07, 6.45) is 6.85. The zero-order chi connectivity index (χ0) is 17.5. The van der Waals surface area contributed by atoms with Crippen molar-refractivity contribution in [2.75, 3.05) is 20.1 Å². The number of hydrogen-bond acceptors (Lipinski definition) is 2. The van der Waals surface area contributed by atoms with Crippen LogP contribution in [-0.2, 0) is 13.0 Å². The first kappa shape index (κ1) is 17.1. The van der Waals surface area contributed by atoms with Crippen molar-refractivity contribution < 1.29 is 0 Å². The van der Waals surface area contributed by atoms with Crippen LogP contribution >= 0.6 is 0 Å².